The molecular formula is C17H18N2O5. The minimum Gasteiger partial charge on any atom is -0.504 e. The monoisotopic (exact) mass is 330 g/mol. The molecule has 0 saturated carbocycles. The summed E-state index contributed by atoms with van der Waals surface area (Å²) in [7, 11) is 4.45. The molecule has 0 aromatic heterocycles. The zero-order valence-corrected chi connectivity index (χ0v) is 13.6. The van der Waals surface area contributed by atoms with Crippen molar-refractivity contribution < 1.29 is 24.1 Å². The van der Waals surface area contributed by atoms with Gasteiger partial charge in [-0.2, -0.15) is 5.10 Å². The average molecular weight is 330 g/mol. The molecule has 7 nitrogen and oxygen atoms in total. The molecule has 24 heavy (non-hydrogen) atoms. The number of phenolic OH excluding ortho intramolecular Hbond substituents is 1. The Bertz CT molecular complexity index is 759. The fourth-order valence-electron chi connectivity index (χ4n) is 1.99. The molecule has 7 heteroatoms. The third-order valence-electron chi connectivity index (χ3n) is 3.24. The molecule has 1 amide bonds. The van der Waals surface area contributed by atoms with Crippen LogP contribution < -0.4 is 19.6 Å². The van der Waals surface area contributed by atoms with Crippen LogP contribution in [0.4, 0.5) is 0 Å². The maximum Gasteiger partial charge on any atom is 0.275 e. The van der Waals surface area contributed by atoms with E-state index in [2.05, 4.69) is 10.5 Å². The summed E-state index contributed by atoms with van der Waals surface area (Å²) in [4.78, 5) is 12.2. The number of carbonyl (C=O) groups is 1. The van der Waals surface area contributed by atoms with Crippen LogP contribution >= 0.6 is 0 Å². The molecule has 2 N–H and O–H groups in total. The average Bonchev–Trinajstić information content (AvgIpc) is 2.62. The van der Waals surface area contributed by atoms with Crippen molar-refractivity contribution in [2.75, 3.05) is 21.3 Å². The Morgan fingerprint density at radius 3 is 2.46 bits per heavy atom. The lowest BCUT2D eigenvalue weighted by Gasteiger charge is -2.09. The van der Waals surface area contributed by atoms with Crippen molar-refractivity contribution >= 4 is 12.1 Å². The first-order valence-corrected chi connectivity index (χ1v) is 7.01. The number of carbonyl (C=O) groups excluding carboxylic acids is 1. The number of methoxy groups -OCH3 is 3. The zero-order chi connectivity index (χ0) is 17.5. The topological polar surface area (TPSA) is 89.4 Å². The van der Waals surface area contributed by atoms with E-state index in [9.17, 15) is 9.90 Å². The number of phenols is 1. The molecule has 0 unspecified atom stereocenters. The summed E-state index contributed by atoms with van der Waals surface area (Å²) in [6.45, 7) is 0. The number of aromatic hydroxyl groups is 1. The van der Waals surface area contributed by atoms with E-state index in [0.29, 0.717) is 28.4 Å². The van der Waals surface area contributed by atoms with Crippen molar-refractivity contribution in [2.24, 2.45) is 5.10 Å². The van der Waals surface area contributed by atoms with Crippen LogP contribution in [0.3, 0.4) is 0 Å². The Hall–Kier alpha value is -3.22. The summed E-state index contributed by atoms with van der Waals surface area (Å²) >= 11 is 0. The summed E-state index contributed by atoms with van der Waals surface area (Å²) < 4.78 is 15.3. The molecule has 0 aliphatic rings. The maximum absolute atomic E-state index is 12.2. The highest BCUT2D eigenvalue weighted by molar-refractivity contribution is 5.97. The lowest BCUT2D eigenvalue weighted by molar-refractivity contribution is 0.0952. The molecule has 0 atom stereocenters. The van der Waals surface area contributed by atoms with Crippen molar-refractivity contribution in [1.82, 2.24) is 5.43 Å². The second-order valence-electron chi connectivity index (χ2n) is 4.70. The maximum atomic E-state index is 12.2. The van der Waals surface area contributed by atoms with E-state index < -0.39 is 5.91 Å². The largest absolute Gasteiger partial charge is 0.504 e. The summed E-state index contributed by atoms with van der Waals surface area (Å²) in [5, 5.41) is 13.4. The number of hydrogen-bond acceptors (Lipinski definition) is 6. The summed E-state index contributed by atoms with van der Waals surface area (Å²) in [5.41, 5.74) is 3.41. The minimum atomic E-state index is -0.420. The van der Waals surface area contributed by atoms with Crippen LogP contribution in [0.2, 0.25) is 0 Å². The number of hydrogen-bond donors (Lipinski definition) is 2. The Labute approximate surface area is 139 Å². The van der Waals surface area contributed by atoms with Crippen molar-refractivity contribution in [3.05, 3.63) is 47.5 Å². The number of ether oxygens (including phenoxy) is 3. The predicted molar refractivity (Wildman–Crippen MR) is 89.3 cm³/mol. The fraction of sp³-hybridized carbons (Fsp3) is 0.176. The number of hydrazone groups is 1. The van der Waals surface area contributed by atoms with Crippen molar-refractivity contribution in [3.63, 3.8) is 0 Å². The van der Waals surface area contributed by atoms with Crippen LogP contribution in [0, 0.1) is 0 Å². The quantitative estimate of drug-likeness (QED) is 0.626. The first kappa shape index (κ1) is 17.1. The van der Waals surface area contributed by atoms with Gasteiger partial charge in [-0.15, -0.1) is 0 Å². The SMILES string of the molecule is COc1ccc(C(=O)N/N=C/c2ccc(O)c(OC)c2)c(OC)c1. The van der Waals surface area contributed by atoms with Gasteiger partial charge in [-0.25, -0.2) is 5.43 Å². The summed E-state index contributed by atoms with van der Waals surface area (Å²) in [5.74, 6) is 0.900. The second-order valence-corrected chi connectivity index (χ2v) is 4.70. The first-order valence-electron chi connectivity index (χ1n) is 7.01. The highest BCUT2D eigenvalue weighted by atomic mass is 16.5. The standard InChI is InChI=1S/C17H18N2O5/c1-22-12-5-6-13(15(9-12)23-2)17(21)19-18-10-11-4-7-14(20)16(8-11)24-3/h4-10,20H,1-3H3,(H,19,21)/b18-10+. The van der Waals surface area contributed by atoms with E-state index in [0.717, 1.165) is 0 Å². The molecule has 126 valence electrons. The molecule has 2 aromatic carbocycles. The number of amides is 1. The van der Waals surface area contributed by atoms with Gasteiger partial charge in [-0.3, -0.25) is 4.79 Å². The second kappa shape index (κ2) is 7.87. The highest BCUT2D eigenvalue weighted by Gasteiger charge is 2.12. The lowest BCUT2D eigenvalue weighted by Crippen LogP contribution is -2.18. The Morgan fingerprint density at radius 2 is 1.79 bits per heavy atom. The van der Waals surface area contributed by atoms with Gasteiger partial charge >= 0.3 is 0 Å². The summed E-state index contributed by atoms with van der Waals surface area (Å²) in [6.07, 6.45) is 1.44. The van der Waals surface area contributed by atoms with E-state index in [1.165, 1.54) is 33.6 Å². The zero-order valence-electron chi connectivity index (χ0n) is 13.6. The molecule has 0 spiro atoms. The Kier molecular flexibility index (Phi) is 5.62. The number of rotatable bonds is 6. The van der Waals surface area contributed by atoms with Gasteiger partial charge in [0.15, 0.2) is 11.5 Å². The highest BCUT2D eigenvalue weighted by Crippen LogP contribution is 2.26. The Balaban J connectivity index is 2.10. The van der Waals surface area contributed by atoms with Gasteiger partial charge in [-0.05, 0) is 35.9 Å². The van der Waals surface area contributed by atoms with Crippen LogP contribution in [-0.4, -0.2) is 38.6 Å². The molecule has 0 heterocycles. The third kappa shape index (κ3) is 3.95. The van der Waals surface area contributed by atoms with Gasteiger partial charge in [0.1, 0.15) is 11.5 Å². The normalized spacial score (nSPS) is 10.5. The predicted octanol–water partition coefficient (Wildman–Crippen LogP) is 2.18. The van der Waals surface area contributed by atoms with Gasteiger partial charge in [0.05, 0.1) is 33.1 Å². The molecule has 0 fully saturated rings. The van der Waals surface area contributed by atoms with Crippen LogP contribution in [0.1, 0.15) is 15.9 Å². The number of nitrogens with zero attached hydrogens (tertiary/aromatic N) is 1. The van der Waals surface area contributed by atoms with Gasteiger partial charge in [0.2, 0.25) is 0 Å². The molecule has 0 aliphatic heterocycles. The van der Waals surface area contributed by atoms with Crippen LogP contribution in [-0.2, 0) is 0 Å². The van der Waals surface area contributed by atoms with Gasteiger partial charge in [-0.1, -0.05) is 0 Å². The Morgan fingerprint density at radius 1 is 1.04 bits per heavy atom. The molecule has 0 bridgehead atoms. The van der Waals surface area contributed by atoms with E-state index in [4.69, 9.17) is 14.2 Å². The number of nitrogens with one attached hydrogen (secondary N) is 1. The van der Waals surface area contributed by atoms with Crippen LogP contribution in [0.15, 0.2) is 41.5 Å². The van der Waals surface area contributed by atoms with Crippen LogP contribution in [0.25, 0.3) is 0 Å². The number of benzene rings is 2. The third-order valence-corrected chi connectivity index (χ3v) is 3.24. The first-order chi connectivity index (χ1) is 11.6. The molecule has 0 saturated heterocycles. The van der Waals surface area contributed by atoms with Gasteiger partial charge in [0.25, 0.3) is 5.91 Å². The molecular weight excluding hydrogens is 312 g/mol. The van der Waals surface area contributed by atoms with E-state index in [-0.39, 0.29) is 5.75 Å². The van der Waals surface area contributed by atoms with E-state index >= 15 is 0 Å². The van der Waals surface area contributed by atoms with Crippen molar-refractivity contribution in [3.8, 4) is 23.0 Å². The van der Waals surface area contributed by atoms with E-state index in [1.54, 1.807) is 30.3 Å². The molecule has 2 aromatic rings. The van der Waals surface area contributed by atoms with E-state index in [1.807, 2.05) is 0 Å². The molecule has 0 radical (unpaired) electrons. The van der Waals surface area contributed by atoms with Gasteiger partial charge < -0.3 is 19.3 Å². The van der Waals surface area contributed by atoms with Gasteiger partial charge in [0, 0.05) is 6.07 Å². The van der Waals surface area contributed by atoms with Crippen LogP contribution in [0.5, 0.6) is 23.0 Å². The molecule has 0 aliphatic carbocycles. The lowest BCUT2D eigenvalue weighted by atomic mass is 10.2. The van der Waals surface area contributed by atoms with Crippen molar-refractivity contribution in [1.29, 1.82) is 0 Å². The summed E-state index contributed by atoms with van der Waals surface area (Å²) in [6, 6.07) is 9.58. The van der Waals surface area contributed by atoms with Crippen molar-refractivity contribution in [2.45, 2.75) is 0 Å². The smallest absolute Gasteiger partial charge is 0.275 e. The fourth-order valence-corrected chi connectivity index (χ4v) is 1.99. The minimum absolute atomic E-state index is 0.0293. The molecule has 2 rings (SSSR count).